The summed E-state index contributed by atoms with van der Waals surface area (Å²) in [5, 5.41) is 15.9. The molecule has 0 unspecified atom stereocenters. The summed E-state index contributed by atoms with van der Waals surface area (Å²) in [7, 11) is 3.97. The first-order chi connectivity index (χ1) is 14.8. The lowest BCUT2D eigenvalue weighted by Gasteiger charge is -2.28. The highest BCUT2D eigenvalue weighted by molar-refractivity contribution is 6.39. The van der Waals surface area contributed by atoms with E-state index in [-0.39, 0.29) is 11.7 Å². The van der Waals surface area contributed by atoms with Gasteiger partial charge in [-0.05, 0) is 55.8 Å². The van der Waals surface area contributed by atoms with Crippen LogP contribution in [0.15, 0.2) is 48.5 Å². The maximum absolute atomic E-state index is 12.4. The highest BCUT2D eigenvalue weighted by Gasteiger charge is 2.25. The average molecular weight is 425 g/mol. The highest BCUT2D eigenvalue weighted by atomic mass is 16.6. The third-order valence-electron chi connectivity index (χ3n) is 5.37. The summed E-state index contributed by atoms with van der Waals surface area (Å²) in [4.78, 5) is 39.1. The Hall–Kier alpha value is -3.46. The number of benzene rings is 2. The van der Waals surface area contributed by atoms with Crippen molar-refractivity contribution in [2.24, 2.45) is 0 Å². The van der Waals surface area contributed by atoms with Crippen LogP contribution in [0.5, 0.6) is 0 Å². The van der Waals surface area contributed by atoms with Crippen molar-refractivity contribution in [3.8, 4) is 0 Å². The number of hydrogen-bond acceptors (Lipinski definition) is 6. The van der Waals surface area contributed by atoms with Crippen molar-refractivity contribution >= 4 is 28.9 Å². The number of nitro benzene ring substituents is 1. The summed E-state index contributed by atoms with van der Waals surface area (Å²) in [6.07, 6.45) is 2.22. The number of carbonyl (C=O) groups excluding carboxylic acids is 2. The van der Waals surface area contributed by atoms with Gasteiger partial charge in [0.1, 0.15) is 0 Å². The third kappa shape index (κ3) is 5.79. The van der Waals surface area contributed by atoms with E-state index in [9.17, 15) is 19.7 Å². The summed E-state index contributed by atoms with van der Waals surface area (Å²) in [6.45, 7) is 2.21. The molecule has 1 fully saturated rings. The Morgan fingerprint density at radius 1 is 1.03 bits per heavy atom. The van der Waals surface area contributed by atoms with Gasteiger partial charge in [0, 0.05) is 44.1 Å². The first-order valence-corrected chi connectivity index (χ1v) is 10.2. The van der Waals surface area contributed by atoms with Crippen LogP contribution in [0.1, 0.15) is 24.4 Å². The van der Waals surface area contributed by atoms with E-state index >= 15 is 0 Å². The molecule has 0 saturated carbocycles. The van der Waals surface area contributed by atoms with Gasteiger partial charge in [-0.1, -0.05) is 12.1 Å². The summed E-state index contributed by atoms with van der Waals surface area (Å²) < 4.78 is 0. The molecule has 1 atom stereocenters. The fourth-order valence-corrected chi connectivity index (χ4v) is 3.63. The van der Waals surface area contributed by atoms with Gasteiger partial charge >= 0.3 is 11.8 Å². The molecule has 0 aromatic heterocycles. The first-order valence-electron chi connectivity index (χ1n) is 10.2. The van der Waals surface area contributed by atoms with Crippen LogP contribution in [0.4, 0.5) is 17.1 Å². The normalized spacial score (nSPS) is 14.6. The van der Waals surface area contributed by atoms with E-state index in [1.807, 2.05) is 31.1 Å². The molecule has 9 nitrogen and oxygen atoms in total. The van der Waals surface area contributed by atoms with Gasteiger partial charge in [-0.15, -0.1) is 0 Å². The van der Waals surface area contributed by atoms with Crippen LogP contribution in [0, 0.1) is 10.1 Å². The number of nitrogens with one attached hydrogen (secondary N) is 2. The summed E-state index contributed by atoms with van der Waals surface area (Å²) >= 11 is 0. The lowest BCUT2D eigenvalue weighted by atomic mass is 10.0. The van der Waals surface area contributed by atoms with Crippen molar-refractivity contribution in [1.82, 2.24) is 10.2 Å². The highest BCUT2D eigenvalue weighted by Crippen LogP contribution is 2.26. The number of carbonyl (C=O) groups is 2. The van der Waals surface area contributed by atoms with Crippen LogP contribution in [0.3, 0.4) is 0 Å². The van der Waals surface area contributed by atoms with Gasteiger partial charge in [-0.3, -0.25) is 24.6 Å². The monoisotopic (exact) mass is 425 g/mol. The number of non-ortho nitro benzene ring substituents is 1. The molecule has 0 bridgehead atoms. The van der Waals surface area contributed by atoms with Crippen molar-refractivity contribution in [3.05, 3.63) is 64.2 Å². The predicted molar refractivity (Wildman–Crippen MR) is 119 cm³/mol. The number of amides is 2. The van der Waals surface area contributed by atoms with Gasteiger partial charge in [0.25, 0.3) is 5.69 Å². The van der Waals surface area contributed by atoms with E-state index in [0.29, 0.717) is 12.2 Å². The minimum atomic E-state index is -0.808. The SMILES string of the molecule is CN(C)c1ccc([C@@H](CNC(=O)C(=O)Nc2ccc([N+](=O)[O-])cc2)N2CCCC2)cc1. The second-order valence-corrected chi connectivity index (χ2v) is 7.71. The molecule has 164 valence electrons. The minimum Gasteiger partial charge on any atom is -0.378 e. The Labute approximate surface area is 181 Å². The van der Waals surface area contributed by atoms with Gasteiger partial charge in [0.05, 0.1) is 11.0 Å². The Morgan fingerprint density at radius 3 is 2.19 bits per heavy atom. The van der Waals surface area contributed by atoms with Crippen molar-refractivity contribution in [2.45, 2.75) is 18.9 Å². The van der Waals surface area contributed by atoms with E-state index in [0.717, 1.165) is 37.2 Å². The molecule has 3 rings (SSSR count). The van der Waals surface area contributed by atoms with E-state index in [1.54, 1.807) is 0 Å². The molecular formula is C22H27N5O4. The van der Waals surface area contributed by atoms with Gasteiger partial charge < -0.3 is 15.5 Å². The number of likely N-dealkylation sites (tertiary alicyclic amines) is 1. The van der Waals surface area contributed by atoms with E-state index in [1.165, 1.54) is 24.3 Å². The minimum absolute atomic E-state index is 0.0187. The zero-order valence-electron chi connectivity index (χ0n) is 17.7. The molecule has 1 aliphatic rings. The van der Waals surface area contributed by atoms with Crippen molar-refractivity contribution in [2.75, 3.05) is 43.9 Å². The molecule has 2 amide bonds. The Kier molecular flexibility index (Phi) is 7.19. The molecule has 1 aliphatic heterocycles. The largest absolute Gasteiger partial charge is 0.378 e. The Balaban J connectivity index is 1.62. The van der Waals surface area contributed by atoms with Crippen molar-refractivity contribution < 1.29 is 14.5 Å². The van der Waals surface area contributed by atoms with Gasteiger partial charge in [-0.2, -0.15) is 0 Å². The number of nitro groups is 1. The zero-order valence-corrected chi connectivity index (χ0v) is 17.7. The lowest BCUT2D eigenvalue weighted by molar-refractivity contribution is -0.384. The smallest absolute Gasteiger partial charge is 0.313 e. The summed E-state index contributed by atoms with van der Waals surface area (Å²) in [6, 6.07) is 13.5. The number of anilines is 2. The maximum Gasteiger partial charge on any atom is 0.313 e. The van der Waals surface area contributed by atoms with Gasteiger partial charge in [0.15, 0.2) is 0 Å². The summed E-state index contributed by atoms with van der Waals surface area (Å²) in [5.74, 6) is -1.55. The number of hydrogen-bond donors (Lipinski definition) is 2. The van der Waals surface area contributed by atoms with Crippen LogP contribution in [0.25, 0.3) is 0 Å². The quantitative estimate of drug-likeness (QED) is 0.401. The molecule has 1 saturated heterocycles. The molecule has 0 spiro atoms. The second-order valence-electron chi connectivity index (χ2n) is 7.71. The number of rotatable bonds is 7. The van der Waals surface area contributed by atoms with E-state index in [4.69, 9.17) is 0 Å². The standard InChI is InChI=1S/C22H27N5O4/c1-25(2)18-9-5-16(6-10-18)20(26-13-3-4-14-26)15-23-21(28)22(29)24-17-7-11-19(12-8-17)27(30)31/h5-12,20H,3-4,13-15H2,1-2H3,(H,23,28)(H,24,29)/t20-/m1/s1. The maximum atomic E-state index is 12.4. The molecule has 0 radical (unpaired) electrons. The fourth-order valence-electron chi connectivity index (χ4n) is 3.63. The molecule has 2 aromatic carbocycles. The Morgan fingerprint density at radius 2 is 1.65 bits per heavy atom. The summed E-state index contributed by atoms with van der Waals surface area (Å²) in [5.41, 5.74) is 2.41. The zero-order chi connectivity index (χ0) is 22.4. The van der Waals surface area contributed by atoms with E-state index < -0.39 is 16.7 Å². The van der Waals surface area contributed by atoms with Crippen LogP contribution in [0.2, 0.25) is 0 Å². The van der Waals surface area contributed by atoms with E-state index in [2.05, 4.69) is 27.7 Å². The van der Waals surface area contributed by atoms with Crippen LogP contribution >= 0.6 is 0 Å². The first kappa shape index (κ1) is 22.2. The van der Waals surface area contributed by atoms with Crippen LogP contribution in [-0.2, 0) is 9.59 Å². The molecule has 9 heteroatoms. The van der Waals surface area contributed by atoms with Gasteiger partial charge in [0.2, 0.25) is 0 Å². The third-order valence-corrected chi connectivity index (χ3v) is 5.37. The van der Waals surface area contributed by atoms with Crippen LogP contribution < -0.4 is 15.5 Å². The molecule has 1 heterocycles. The molecule has 31 heavy (non-hydrogen) atoms. The van der Waals surface area contributed by atoms with Crippen molar-refractivity contribution in [3.63, 3.8) is 0 Å². The molecule has 2 aromatic rings. The van der Waals surface area contributed by atoms with Crippen molar-refractivity contribution in [1.29, 1.82) is 0 Å². The molecule has 2 N–H and O–H groups in total. The fraction of sp³-hybridized carbons (Fsp3) is 0.364. The van der Waals surface area contributed by atoms with Crippen LogP contribution in [-0.4, -0.2) is 55.4 Å². The predicted octanol–water partition coefficient (Wildman–Crippen LogP) is 2.55. The topological polar surface area (TPSA) is 108 Å². The second kappa shape index (κ2) is 10.0. The molecule has 0 aliphatic carbocycles. The average Bonchev–Trinajstić information content (AvgIpc) is 3.29. The number of nitrogens with zero attached hydrogens (tertiary/aromatic N) is 3. The Bertz CT molecular complexity index is 922. The van der Waals surface area contributed by atoms with Gasteiger partial charge in [-0.25, -0.2) is 0 Å². The lowest BCUT2D eigenvalue weighted by Crippen LogP contribution is -2.41. The molecular weight excluding hydrogens is 398 g/mol.